The SMILES string of the molecule is C[C@H](O)[C@@H](C)C(=O)CC(=O)OC(C)(C)C. The molecule has 4 heteroatoms. The van der Waals surface area contributed by atoms with Crippen LogP contribution >= 0.6 is 0 Å². The van der Waals surface area contributed by atoms with Crippen molar-refractivity contribution in [1.29, 1.82) is 0 Å². The molecule has 0 saturated carbocycles. The highest BCUT2D eigenvalue weighted by molar-refractivity contribution is 5.96. The number of hydrogen-bond donors (Lipinski definition) is 1. The minimum absolute atomic E-state index is 0.274. The zero-order valence-electron chi connectivity index (χ0n) is 10.0. The lowest BCUT2D eigenvalue weighted by atomic mass is 9.99. The van der Waals surface area contributed by atoms with E-state index in [-0.39, 0.29) is 12.2 Å². The summed E-state index contributed by atoms with van der Waals surface area (Å²) in [6, 6.07) is 0. The van der Waals surface area contributed by atoms with Crippen molar-refractivity contribution in [2.45, 2.75) is 52.7 Å². The normalized spacial score (nSPS) is 15.6. The number of Topliss-reactive ketones (excluding diaryl/α,β-unsaturated/α-hetero) is 1. The maximum atomic E-state index is 11.4. The number of carbonyl (C=O) groups is 2. The summed E-state index contributed by atoms with van der Waals surface area (Å²) in [4.78, 5) is 22.7. The second-order valence-electron chi connectivity index (χ2n) is 4.76. The van der Waals surface area contributed by atoms with E-state index in [2.05, 4.69) is 0 Å². The topological polar surface area (TPSA) is 63.6 Å². The average Bonchev–Trinajstić information content (AvgIpc) is 1.98. The fourth-order valence-electron chi connectivity index (χ4n) is 0.950. The van der Waals surface area contributed by atoms with Crippen LogP contribution in [0.2, 0.25) is 0 Å². The first-order chi connectivity index (χ1) is 6.63. The predicted molar refractivity (Wildman–Crippen MR) is 56.3 cm³/mol. The fraction of sp³-hybridized carbons (Fsp3) is 0.818. The summed E-state index contributed by atoms with van der Waals surface area (Å²) in [5.74, 6) is -1.36. The molecule has 0 spiro atoms. The van der Waals surface area contributed by atoms with E-state index in [9.17, 15) is 9.59 Å². The molecule has 0 unspecified atom stereocenters. The van der Waals surface area contributed by atoms with Crippen LogP contribution in [0.5, 0.6) is 0 Å². The molecule has 0 aromatic heterocycles. The Morgan fingerprint density at radius 1 is 1.27 bits per heavy atom. The van der Waals surface area contributed by atoms with Crippen molar-refractivity contribution in [2.75, 3.05) is 0 Å². The molecule has 0 rings (SSSR count). The van der Waals surface area contributed by atoms with Gasteiger partial charge in [-0.3, -0.25) is 9.59 Å². The molecule has 0 saturated heterocycles. The van der Waals surface area contributed by atoms with Gasteiger partial charge in [-0.1, -0.05) is 6.92 Å². The van der Waals surface area contributed by atoms with E-state index in [1.807, 2.05) is 0 Å². The molecule has 0 aliphatic rings. The second kappa shape index (κ2) is 5.26. The Balaban J connectivity index is 4.14. The summed E-state index contributed by atoms with van der Waals surface area (Å²) < 4.78 is 5.00. The number of aliphatic hydroxyl groups excluding tert-OH is 1. The van der Waals surface area contributed by atoms with Crippen molar-refractivity contribution in [1.82, 2.24) is 0 Å². The van der Waals surface area contributed by atoms with Crippen LogP contribution in [-0.2, 0) is 14.3 Å². The van der Waals surface area contributed by atoms with Crippen LogP contribution in [0.15, 0.2) is 0 Å². The quantitative estimate of drug-likeness (QED) is 0.568. The van der Waals surface area contributed by atoms with Crippen LogP contribution in [0.4, 0.5) is 0 Å². The van der Waals surface area contributed by atoms with E-state index < -0.39 is 23.6 Å². The number of carbonyl (C=O) groups excluding carboxylic acids is 2. The summed E-state index contributed by atoms with van der Waals surface area (Å²) in [7, 11) is 0. The molecule has 0 fully saturated rings. The molecule has 0 radical (unpaired) electrons. The third-order valence-electron chi connectivity index (χ3n) is 1.97. The standard InChI is InChI=1S/C11H20O4/c1-7(8(2)12)9(13)6-10(14)15-11(3,4)5/h7-8,12H,6H2,1-5H3/t7-,8+/m1/s1. The van der Waals surface area contributed by atoms with Crippen molar-refractivity contribution >= 4 is 11.8 Å². The summed E-state index contributed by atoms with van der Waals surface area (Å²) in [6.07, 6.45) is -1.01. The number of esters is 1. The van der Waals surface area contributed by atoms with Gasteiger partial charge in [0.25, 0.3) is 0 Å². The van der Waals surface area contributed by atoms with E-state index in [1.165, 1.54) is 6.92 Å². The lowest BCUT2D eigenvalue weighted by Crippen LogP contribution is -2.29. The molecule has 0 aromatic rings. The third-order valence-corrected chi connectivity index (χ3v) is 1.97. The van der Waals surface area contributed by atoms with E-state index in [0.29, 0.717) is 0 Å². The van der Waals surface area contributed by atoms with Gasteiger partial charge in [0.15, 0.2) is 0 Å². The monoisotopic (exact) mass is 216 g/mol. The first-order valence-corrected chi connectivity index (χ1v) is 5.06. The van der Waals surface area contributed by atoms with Gasteiger partial charge < -0.3 is 9.84 Å². The maximum Gasteiger partial charge on any atom is 0.313 e. The highest BCUT2D eigenvalue weighted by Gasteiger charge is 2.24. The van der Waals surface area contributed by atoms with Gasteiger partial charge in [0.1, 0.15) is 17.8 Å². The molecule has 0 heterocycles. The Hall–Kier alpha value is -0.900. The molecule has 2 atom stereocenters. The van der Waals surface area contributed by atoms with Crippen LogP contribution in [-0.4, -0.2) is 28.6 Å². The highest BCUT2D eigenvalue weighted by atomic mass is 16.6. The van der Waals surface area contributed by atoms with Crippen molar-refractivity contribution < 1.29 is 19.4 Å². The van der Waals surface area contributed by atoms with Gasteiger partial charge in [0.2, 0.25) is 0 Å². The molecule has 88 valence electrons. The molecule has 0 amide bonds. The molecule has 0 bridgehead atoms. The first kappa shape index (κ1) is 14.1. The Bertz CT molecular complexity index is 237. The minimum Gasteiger partial charge on any atom is -0.460 e. The molecule has 1 N–H and O–H groups in total. The Morgan fingerprint density at radius 2 is 1.73 bits per heavy atom. The number of ketones is 1. The minimum atomic E-state index is -0.736. The van der Waals surface area contributed by atoms with Crippen molar-refractivity contribution in [3.05, 3.63) is 0 Å². The van der Waals surface area contributed by atoms with Crippen LogP contribution in [0.1, 0.15) is 41.0 Å². The van der Waals surface area contributed by atoms with Gasteiger partial charge in [-0.15, -0.1) is 0 Å². The molecule has 4 nitrogen and oxygen atoms in total. The van der Waals surface area contributed by atoms with Gasteiger partial charge >= 0.3 is 5.97 Å². The number of ether oxygens (including phenoxy) is 1. The van der Waals surface area contributed by atoms with Crippen molar-refractivity contribution in [2.24, 2.45) is 5.92 Å². The molecule has 0 aromatic carbocycles. The second-order valence-corrected chi connectivity index (χ2v) is 4.76. The van der Waals surface area contributed by atoms with Gasteiger partial charge in [0.05, 0.1) is 6.10 Å². The molecular weight excluding hydrogens is 196 g/mol. The zero-order chi connectivity index (χ0) is 12.2. The van der Waals surface area contributed by atoms with E-state index in [0.717, 1.165) is 0 Å². The highest BCUT2D eigenvalue weighted by Crippen LogP contribution is 2.11. The van der Waals surface area contributed by atoms with Crippen molar-refractivity contribution in [3.8, 4) is 0 Å². The molecule has 0 aliphatic heterocycles. The van der Waals surface area contributed by atoms with E-state index in [4.69, 9.17) is 9.84 Å². The molecular formula is C11H20O4. The lowest BCUT2D eigenvalue weighted by molar-refractivity contribution is -0.157. The predicted octanol–water partition coefficient (Wildman–Crippen LogP) is 1.30. The van der Waals surface area contributed by atoms with Crippen LogP contribution < -0.4 is 0 Å². The number of rotatable bonds is 4. The van der Waals surface area contributed by atoms with E-state index in [1.54, 1.807) is 27.7 Å². The van der Waals surface area contributed by atoms with Gasteiger partial charge in [-0.25, -0.2) is 0 Å². The fourth-order valence-corrected chi connectivity index (χ4v) is 0.950. The van der Waals surface area contributed by atoms with Gasteiger partial charge in [-0.2, -0.15) is 0 Å². The van der Waals surface area contributed by atoms with Crippen molar-refractivity contribution in [3.63, 3.8) is 0 Å². The smallest absolute Gasteiger partial charge is 0.313 e. The first-order valence-electron chi connectivity index (χ1n) is 5.06. The lowest BCUT2D eigenvalue weighted by Gasteiger charge is -2.20. The average molecular weight is 216 g/mol. The summed E-state index contributed by atoms with van der Waals surface area (Å²) in [6.45, 7) is 8.35. The largest absolute Gasteiger partial charge is 0.460 e. The van der Waals surface area contributed by atoms with Gasteiger partial charge in [0, 0.05) is 5.92 Å². The number of hydrogen-bond acceptors (Lipinski definition) is 4. The summed E-state index contributed by atoms with van der Waals surface area (Å²) in [5.41, 5.74) is -0.578. The third kappa shape index (κ3) is 6.23. The van der Waals surface area contributed by atoms with E-state index >= 15 is 0 Å². The maximum absolute atomic E-state index is 11.4. The Labute approximate surface area is 90.6 Å². The number of aliphatic hydroxyl groups is 1. The molecule has 15 heavy (non-hydrogen) atoms. The van der Waals surface area contributed by atoms with Gasteiger partial charge in [-0.05, 0) is 27.7 Å². The van der Waals surface area contributed by atoms with Crippen LogP contribution in [0.3, 0.4) is 0 Å². The summed E-state index contributed by atoms with van der Waals surface area (Å²) in [5, 5.41) is 9.16. The zero-order valence-corrected chi connectivity index (χ0v) is 10.0. The Morgan fingerprint density at radius 3 is 2.07 bits per heavy atom. The van der Waals surface area contributed by atoms with Crippen LogP contribution in [0, 0.1) is 5.92 Å². The summed E-state index contributed by atoms with van der Waals surface area (Å²) >= 11 is 0. The Kier molecular flexibility index (Phi) is 4.94. The van der Waals surface area contributed by atoms with Crippen LogP contribution in [0.25, 0.3) is 0 Å². The molecule has 0 aliphatic carbocycles.